The molecule has 0 aliphatic carbocycles. The van der Waals surface area contributed by atoms with Gasteiger partial charge in [-0.3, -0.25) is 0 Å². The lowest BCUT2D eigenvalue weighted by molar-refractivity contribution is 0.434. The molecule has 3 rings (SSSR count). The van der Waals surface area contributed by atoms with E-state index in [9.17, 15) is 0 Å². The zero-order chi connectivity index (χ0) is 13.9. The number of aromatic nitrogens is 5. The van der Waals surface area contributed by atoms with E-state index in [1.807, 2.05) is 7.05 Å². The molecule has 0 aromatic carbocycles. The average molecular weight is 291 g/mol. The van der Waals surface area contributed by atoms with Gasteiger partial charge in [-0.2, -0.15) is 0 Å². The van der Waals surface area contributed by atoms with Crippen molar-refractivity contribution in [3.63, 3.8) is 0 Å². The molecular formula is C12H17N7S. The smallest absolute Gasteiger partial charge is 0.197 e. The third kappa shape index (κ3) is 2.75. The van der Waals surface area contributed by atoms with Gasteiger partial charge in [0.2, 0.25) is 0 Å². The van der Waals surface area contributed by atoms with E-state index in [2.05, 4.69) is 30.0 Å². The molecule has 0 bridgehead atoms. The lowest BCUT2D eigenvalue weighted by Crippen LogP contribution is -2.27. The van der Waals surface area contributed by atoms with Crippen molar-refractivity contribution in [2.45, 2.75) is 28.9 Å². The van der Waals surface area contributed by atoms with Gasteiger partial charge in [-0.15, -0.1) is 10.2 Å². The first kappa shape index (κ1) is 13.3. The van der Waals surface area contributed by atoms with Crippen molar-refractivity contribution < 1.29 is 0 Å². The highest BCUT2D eigenvalue weighted by Crippen LogP contribution is 2.29. The summed E-state index contributed by atoms with van der Waals surface area (Å²) < 4.78 is 2.05. The number of hydrogen-bond acceptors (Lipinski definition) is 7. The van der Waals surface area contributed by atoms with Crippen LogP contribution in [-0.2, 0) is 7.05 Å². The summed E-state index contributed by atoms with van der Waals surface area (Å²) in [6.07, 6.45) is 3.68. The Morgan fingerprint density at radius 2 is 2.10 bits per heavy atom. The third-order valence-electron chi connectivity index (χ3n) is 3.43. The fourth-order valence-corrected chi connectivity index (χ4v) is 3.13. The average Bonchev–Trinajstić information content (AvgIpc) is 2.81. The van der Waals surface area contributed by atoms with Crippen LogP contribution in [0.15, 0.2) is 22.6 Å². The lowest BCUT2D eigenvalue weighted by atomic mass is 9.97. The molecule has 0 atom stereocenters. The topological polar surface area (TPSA) is 94.5 Å². The van der Waals surface area contributed by atoms with Gasteiger partial charge in [-0.1, -0.05) is 0 Å². The summed E-state index contributed by atoms with van der Waals surface area (Å²) in [6.45, 7) is 2.09. The quantitative estimate of drug-likeness (QED) is 0.808. The Morgan fingerprint density at radius 3 is 2.85 bits per heavy atom. The Hall–Kier alpha value is -1.67. The number of nitrogen functional groups attached to an aromatic ring is 1. The monoisotopic (exact) mass is 291 g/mol. The van der Waals surface area contributed by atoms with Crippen LogP contribution >= 0.6 is 11.8 Å². The van der Waals surface area contributed by atoms with Crippen LogP contribution in [0.1, 0.15) is 24.6 Å². The minimum Gasteiger partial charge on any atom is -0.384 e. The molecule has 7 nitrogen and oxygen atoms in total. The van der Waals surface area contributed by atoms with E-state index in [1.165, 1.54) is 18.1 Å². The van der Waals surface area contributed by atoms with Crippen molar-refractivity contribution in [1.82, 2.24) is 30.0 Å². The minimum absolute atomic E-state index is 0.461. The largest absolute Gasteiger partial charge is 0.384 e. The molecule has 0 spiro atoms. The third-order valence-corrected chi connectivity index (χ3v) is 4.40. The normalized spacial score (nSPS) is 16.4. The van der Waals surface area contributed by atoms with Gasteiger partial charge in [0.1, 0.15) is 23.0 Å². The van der Waals surface area contributed by atoms with E-state index in [4.69, 9.17) is 5.73 Å². The molecule has 0 amide bonds. The SMILES string of the molecule is Cn1c(Sc2cc(N)ncn2)nnc1C1CCNCC1. The molecule has 2 aromatic rings. The number of hydrogen-bond donors (Lipinski definition) is 2. The molecule has 3 N–H and O–H groups in total. The summed E-state index contributed by atoms with van der Waals surface area (Å²) in [5, 5.41) is 13.6. The van der Waals surface area contributed by atoms with Gasteiger partial charge >= 0.3 is 0 Å². The van der Waals surface area contributed by atoms with Crippen molar-refractivity contribution in [2.24, 2.45) is 7.05 Å². The van der Waals surface area contributed by atoms with Crippen molar-refractivity contribution in [3.8, 4) is 0 Å². The van der Waals surface area contributed by atoms with E-state index in [0.29, 0.717) is 11.7 Å². The molecule has 0 unspecified atom stereocenters. The number of nitrogens with one attached hydrogen (secondary N) is 1. The second kappa shape index (κ2) is 5.76. The van der Waals surface area contributed by atoms with Gasteiger partial charge in [0.25, 0.3) is 0 Å². The van der Waals surface area contributed by atoms with Gasteiger partial charge in [-0.25, -0.2) is 9.97 Å². The maximum atomic E-state index is 5.66. The maximum absolute atomic E-state index is 5.66. The first-order chi connectivity index (χ1) is 9.74. The molecule has 106 valence electrons. The predicted octanol–water partition coefficient (Wildman–Crippen LogP) is 0.805. The Labute approximate surface area is 121 Å². The van der Waals surface area contributed by atoms with Crippen LogP contribution in [0.25, 0.3) is 0 Å². The zero-order valence-electron chi connectivity index (χ0n) is 11.3. The number of rotatable bonds is 3. The summed E-state index contributed by atoms with van der Waals surface area (Å²) >= 11 is 1.46. The zero-order valence-corrected chi connectivity index (χ0v) is 12.1. The van der Waals surface area contributed by atoms with E-state index in [1.54, 1.807) is 6.07 Å². The second-order valence-corrected chi connectivity index (χ2v) is 5.79. The molecule has 1 aliphatic rings. The Bertz CT molecular complexity index is 591. The number of piperidine rings is 1. The highest BCUT2D eigenvalue weighted by atomic mass is 32.2. The highest BCUT2D eigenvalue weighted by Gasteiger charge is 2.22. The standard InChI is InChI=1S/C12H17N7S/c1-19-11(8-2-4-14-5-3-8)17-18-12(19)20-10-6-9(13)15-7-16-10/h6-8,14H,2-5H2,1H3,(H2,13,15,16). The number of nitrogens with two attached hydrogens (primary N) is 1. The Kier molecular flexibility index (Phi) is 3.83. The fourth-order valence-electron chi connectivity index (χ4n) is 2.35. The van der Waals surface area contributed by atoms with Crippen LogP contribution in [0, 0.1) is 0 Å². The maximum Gasteiger partial charge on any atom is 0.197 e. The Morgan fingerprint density at radius 1 is 1.30 bits per heavy atom. The van der Waals surface area contributed by atoms with Gasteiger partial charge in [0, 0.05) is 19.0 Å². The Balaban J connectivity index is 1.79. The van der Waals surface area contributed by atoms with E-state index in [0.717, 1.165) is 41.9 Å². The van der Waals surface area contributed by atoms with E-state index < -0.39 is 0 Å². The van der Waals surface area contributed by atoms with Crippen LogP contribution in [0.3, 0.4) is 0 Å². The summed E-state index contributed by atoms with van der Waals surface area (Å²) in [5.41, 5.74) is 5.66. The minimum atomic E-state index is 0.461. The van der Waals surface area contributed by atoms with Crippen LogP contribution in [0.5, 0.6) is 0 Å². The summed E-state index contributed by atoms with van der Waals surface area (Å²) in [5.74, 6) is 2.00. The van der Waals surface area contributed by atoms with Crippen LogP contribution < -0.4 is 11.1 Å². The molecule has 20 heavy (non-hydrogen) atoms. The van der Waals surface area contributed by atoms with E-state index in [-0.39, 0.29) is 0 Å². The van der Waals surface area contributed by atoms with Crippen molar-refractivity contribution in [2.75, 3.05) is 18.8 Å². The summed E-state index contributed by atoms with van der Waals surface area (Å²) in [4.78, 5) is 8.06. The van der Waals surface area contributed by atoms with Crippen molar-refractivity contribution in [3.05, 3.63) is 18.2 Å². The molecule has 2 aromatic heterocycles. The fraction of sp³-hybridized carbons (Fsp3) is 0.500. The molecule has 1 aliphatic heterocycles. The molecule has 1 fully saturated rings. The highest BCUT2D eigenvalue weighted by molar-refractivity contribution is 7.99. The molecule has 0 radical (unpaired) electrons. The summed E-state index contributed by atoms with van der Waals surface area (Å²) in [6, 6.07) is 1.74. The predicted molar refractivity (Wildman–Crippen MR) is 76.4 cm³/mol. The van der Waals surface area contributed by atoms with Crippen molar-refractivity contribution >= 4 is 17.6 Å². The van der Waals surface area contributed by atoms with Gasteiger partial charge in [0.05, 0.1) is 0 Å². The molecule has 1 saturated heterocycles. The first-order valence-corrected chi connectivity index (χ1v) is 7.41. The van der Waals surface area contributed by atoms with Gasteiger partial charge in [0.15, 0.2) is 5.16 Å². The first-order valence-electron chi connectivity index (χ1n) is 6.59. The molecular weight excluding hydrogens is 274 g/mol. The lowest BCUT2D eigenvalue weighted by Gasteiger charge is -2.21. The number of nitrogens with zero attached hydrogens (tertiary/aromatic N) is 5. The van der Waals surface area contributed by atoms with Gasteiger partial charge < -0.3 is 15.6 Å². The summed E-state index contributed by atoms with van der Waals surface area (Å²) in [7, 11) is 2.00. The van der Waals surface area contributed by atoms with Crippen LogP contribution in [0.4, 0.5) is 5.82 Å². The number of anilines is 1. The van der Waals surface area contributed by atoms with Crippen molar-refractivity contribution in [1.29, 1.82) is 0 Å². The van der Waals surface area contributed by atoms with Crippen LogP contribution in [-0.4, -0.2) is 37.8 Å². The van der Waals surface area contributed by atoms with Crippen LogP contribution in [0.2, 0.25) is 0 Å². The molecule has 8 heteroatoms. The molecule has 0 saturated carbocycles. The second-order valence-electron chi connectivity index (χ2n) is 4.81. The van der Waals surface area contributed by atoms with Gasteiger partial charge in [-0.05, 0) is 37.7 Å². The van der Waals surface area contributed by atoms with E-state index >= 15 is 0 Å². The molecule has 3 heterocycles.